The van der Waals surface area contributed by atoms with E-state index in [1.807, 2.05) is 27.1 Å². The molecule has 0 aliphatic carbocycles. The highest BCUT2D eigenvalue weighted by Gasteiger charge is 2.25. The predicted molar refractivity (Wildman–Crippen MR) is 83.7 cm³/mol. The SMILES string of the molecule is Cc1cc(OC(=O)[N+](C)(C)C)c(C(C)C)cc1N(C)C.[I-]. The van der Waals surface area contributed by atoms with E-state index in [4.69, 9.17) is 4.74 Å². The highest BCUT2D eigenvalue weighted by atomic mass is 127. The van der Waals surface area contributed by atoms with Gasteiger partial charge < -0.3 is 33.6 Å². The minimum absolute atomic E-state index is 0. The van der Waals surface area contributed by atoms with E-state index in [0.29, 0.717) is 11.7 Å². The van der Waals surface area contributed by atoms with E-state index in [-0.39, 0.29) is 34.6 Å². The zero-order valence-electron chi connectivity index (χ0n) is 14.3. The van der Waals surface area contributed by atoms with Crippen LogP contribution in [-0.4, -0.2) is 45.8 Å². The molecule has 0 fully saturated rings. The van der Waals surface area contributed by atoms with Gasteiger partial charge in [0, 0.05) is 19.8 Å². The number of halogens is 1. The van der Waals surface area contributed by atoms with Gasteiger partial charge in [-0.25, -0.2) is 4.48 Å². The predicted octanol–water partition coefficient (Wildman–Crippen LogP) is 0.393. The van der Waals surface area contributed by atoms with Crippen molar-refractivity contribution in [1.29, 1.82) is 0 Å². The van der Waals surface area contributed by atoms with E-state index >= 15 is 0 Å². The van der Waals surface area contributed by atoms with Crippen LogP contribution in [0.1, 0.15) is 30.9 Å². The van der Waals surface area contributed by atoms with Crippen LogP contribution in [0.4, 0.5) is 10.5 Å². The lowest BCUT2D eigenvalue weighted by molar-refractivity contribution is -0.793. The van der Waals surface area contributed by atoms with Crippen LogP contribution in [0, 0.1) is 6.92 Å². The lowest BCUT2D eigenvalue weighted by Crippen LogP contribution is -3.00. The van der Waals surface area contributed by atoms with Crippen LogP contribution in [0.15, 0.2) is 12.1 Å². The van der Waals surface area contributed by atoms with Gasteiger partial charge in [0.15, 0.2) is 0 Å². The molecule has 4 nitrogen and oxygen atoms in total. The molecule has 0 saturated carbocycles. The zero-order valence-corrected chi connectivity index (χ0v) is 16.5. The van der Waals surface area contributed by atoms with Crippen molar-refractivity contribution in [3.05, 3.63) is 23.3 Å². The minimum Gasteiger partial charge on any atom is -1.00 e. The van der Waals surface area contributed by atoms with E-state index in [1.54, 1.807) is 21.1 Å². The molecule has 21 heavy (non-hydrogen) atoms. The van der Waals surface area contributed by atoms with Crippen molar-refractivity contribution >= 4 is 11.8 Å². The molecular formula is C16H27IN2O2. The molecule has 0 atom stereocenters. The van der Waals surface area contributed by atoms with Crippen molar-refractivity contribution in [2.24, 2.45) is 0 Å². The fourth-order valence-corrected chi connectivity index (χ4v) is 1.94. The molecule has 0 aliphatic rings. The summed E-state index contributed by atoms with van der Waals surface area (Å²) < 4.78 is 5.75. The number of hydrogen-bond acceptors (Lipinski definition) is 3. The Labute approximate surface area is 145 Å². The van der Waals surface area contributed by atoms with E-state index in [1.165, 1.54) is 0 Å². The maximum atomic E-state index is 12.1. The molecular weight excluding hydrogens is 379 g/mol. The molecule has 1 aromatic carbocycles. The summed E-state index contributed by atoms with van der Waals surface area (Å²) in [5.41, 5.74) is 3.31. The Morgan fingerprint density at radius 2 is 1.71 bits per heavy atom. The first-order valence-corrected chi connectivity index (χ1v) is 6.89. The first-order valence-electron chi connectivity index (χ1n) is 6.89. The first-order chi connectivity index (χ1) is 9.04. The Bertz CT molecular complexity index is 506. The summed E-state index contributed by atoms with van der Waals surface area (Å²) in [6, 6.07) is 4.07. The first kappa shape index (κ1) is 20.2. The maximum absolute atomic E-state index is 12.1. The molecule has 0 unspecified atom stereocenters. The second kappa shape index (κ2) is 7.45. The molecule has 1 amide bonds. The van der Waals surface area contributed by atoms with Gasteiger partial charge in [-0.1, -0.05) is 13.8 Å². The largest absolute Gasteiger partial charge is 1.00 e. The third kappa shape index (κ3) is 5.14. The number of benzene rings is 1. The Hall–Kier alpha value is -0.820. The van der Waals surface area contributed by atoms with E-state index in [0.717, 1.165) is 16.8 Å². The van der Waals surface area contributed by atoms with Gasteiger partial charge in [0.1, 0.15) is 5.75 Å². The molecule has 120 valence electrons. The van der Waals surface area contributed by atoms with Crippen molar-refractivity contribution in [3.8, 4) is 5.75 Å². The molecule has 0 heterocycles. The quantitative estimate of drug-likeness (QED) is 0.538. The van der Waals surface area contributed by atoms with Crippen LogP contribution < -0.4 is 33.6 Å². The fourth-order valence-electron chi connectivity index (χ4n) is 1.94. The number of quaternary nitrogens is 1. The monoisotopic (exact) mass is 406 g/mol. The molecule has 0 aromatic heterocycles. The number of amides is 1. The van der Waals surface area contributed by atoms with Crippen LogP contribution >= 0.6 is 0 Å². The fraction of sp³-hybridized carbons (Fsp3) is 0.562. The third-order valence-corrected chi connectivity index (χ3v) is 3.18. The Morgan fingerprint density at radius 3 is 2.10 bits per heavy atom. The van der Waals surface area contributed by atoms with Gasteiger partial charge in [-0.2, -0.15) is 4.79 Å². The van der Waals surface area contributed by atoms with Gasteiger partial charge in [-0.3, -0.25) is 0 Å². The van der Waals surface area contributed by atoms with E-state index in [2.05, 4.69) is 24.8 Å². The Kier molecular flexibility index (Phi) is 7.15. The van der Waals surface area contributed by atoms with Crippen LogP contribution in [0.25, 0.3) is 0 Å². The summed E-state index contributed by atoms with van der Waals surface area (Å²) in [7, 11) is 9.45. The maximum Gasteiger partial charge on any atom is 0.520 e. The average molecular weight is 406 g/mol. The molecule has 1 aromatic rings. The van der Waals surface area contributed by atoms with Gasteiger partial charge in [0.05, 0.1) is 21.1 Å². The summed E-state index contributed by atoms with van der Waals surface area (Å²) in [6.45, 7) is 6.24. The van der Waals surface area contributed by atoms with Crippen LogP contribution in [0.2, 0.25) is 0 Å². The standard InChI is InChI=1S/C16H27N2O2.HI/c1-11(2)13-10-14(17(4)5)12(3)9-15(13)20-16(19)18(6,7)8;/h9-11H,1-8H3;1H/q+1;/p-1. The number of carbonyl (C=O) groups is 1. The summed E-state index contributed by atoms with van der Waals surface area (Å²) >= 11 is 0. The summed E-state index contributed by atoms with van der Waals surface area (Å²) in [6.07, 6.45) is -0.260. The average Bonchev–Trinajstić information content (AvgIpc) is 2.26. The van der Waals surface area contributed by atoms with Crippen molar-refractivity contribution < 1.29 is 38.0 Å². The lowest BCUT2D eigenvalue weighted by Gasteiger charge is -2.23. The zero-order chi connectivity index (χ0) is 15.7. The minimum atomic E-state index is -0.260. The Balaban J connectivity index is 0.00000400. The second-order valence-electron chi connectivity index (χ2n) is 6.61. The lowest BCUT2D eigenvalue weighted by atomic mass is 9.99. The molecule has 0 saturated heterocycles. The normalized spacial score (nSPS) is 11.1. The number of aryl methyl sites for hydroxylation is 1. The van der Waals surface area contributed by atoms with E-state index < -0.39 is 0 Å². The Morgan fingerprint density at radius 1 is 1.19 bits per heavy atom. The van der Waals surface area contributed by atoms with Gasteiger partial charge in [-0.15, -0.1) is 0 Å². The van der Waals surface area contributed by atoms with Gasteiger partial charge in [0.2, 0.25) is 0 Å². The molecule has 0 N–H and O–H groups in total. The van der Waals surface area contributed by atoms with Gasteiger partial charge in [0.25, 0.3) is 0 Å². The number of carbonyl (C=O) groups excluding carboxylic acids is 1. The van der Waals surface area contributed by atoms with Crippen molar-refractivity contribution in [2.45, 2.75) is 26.7 Å². The third-order valence-electron chi connectivity index (χ3n) is 3.18. The van der Waals surface area contributed by atoms with Crippen molar-refractivity contribution in [2.75, 3.05) is 40.1 Å². The number of ether oxygens (including phenoxy) is 1. The molecule has 0 radical (unpaired) electrons. The molecule has 1 rings (SSSR count). The van der Waals surface area contributed by atoms with Gasteiger partial charge in [-0.05, 0) is 36.1 Å². The number of hydrogen-bond donors (Lipinski definition) is 0. The summed E-state index contributed by atoms with van der Waals surface area (Å²) in [5, 5.41) is 0. The van der Waals surface area contributed by atoms with Crippen LogP contribution in [0.3, 0.4) is 0 Å². The second-order valence-corrected chi connectivity index (χ2v) is 6.61. The smallest absolute Gasteiger partial charge is 0.520 e. The van der Waals surface area contributed by atoms with Crippen LogP contribution in [0.5, 0.6) is 5.75 Å². The van der Waals surface area contributed by atoms with Gasteiger partial charge >= 0.3 is 6.09 Å². The molecule has 0 bridgehead atoms. The van der Waals surface area contributed by atoms with Crippen LogP contribution in [-0.2, 0) is 0 Å². The number of nitrogens with zero attached hydrogens (tertiary/aromatic N) is 2. The van der Waals surface area contributed by atoms with E-state index in [9.17, 15) is 4.79 Å². The van der Waals surface area contributed by atoms with Crippen molar-refractivity contribution in [1.82, 2.24) is 0 Å². The molecule has 0 spiro atoms. The summed E-state index contributed by atoms with van der Waals surface area (Å²) in [4.78, 5) is 14.2. The number of anilines is 1. The highest BCUT2D eigenvalue weighted by molar-refractivity contribution is 5.66. The topological polar surface area (TPSA) is 29.5 Å². The number of rotatable bonds is 3. The highest BCUT2D eigenvalue weighted by Crippen LogP contribution is 2.33. The van der Waals surface area contributed by atoms with Crippen molar-refractivity contribution in [3.63, 3.8) is 0 Å². The molecule has 5 heteroatoms. The summed E-state index contributed by atoms with van der Waals surface area (Å²) in [5.74, 6) is 0.964. The molecule has 0 aliphatic heterocycles.